The van der Waals surface area contributed by atoms with E-state index in [-0.39, 0.29) is 0 Å². The lowest BCUT2D eigenvalue weighted by atomic mass is 10.2. The Kier molecular flexibility index (Phi) is 7.45. The van der Waals surface area contributed by atoms with E-state index < -0.39 is 0 Å². The second-order valence-electron chi connectivity index (χ2n) is 4.79. The number of pyridine rings is 1. The number of hydrogen-bond acceptors (Lipinski definition) is 4. The van der Waals surface area contributed by atoms with Gasteiger partial charge in [-0.2, -0.15) is 0 Å². The molecule has 0 aromatic carbocycles. The molecular weight excluding hydrogens is 238 g/mol. The van der Waals surface area contributed by atoms with Crippen molar-refractivity contribution in [2.75, 3.05) is 31.7 Å². The van der Waals surface area contributed by atoms with Gasteiger partial charge in [-0.15, -0.1) is 0 Å². The van der Waals surface area contributed by atoms with Crippen LogP contribution in [0.5, 0.6) is 0 Å². The van der Waals surface area contributed by atoms with E-state index in [1.165, 1.54) is 5.56 Å². The number of rotatable bonds is 9. The van der Waals surface area contributed by atoms with Crippen LogP contribution in [0.2, 0.25) is 0 Å². The van der Waals surface area contributed by atoms with Crippen LogP contribution in [0.25, 0.3) is 0 Å². The zero-order valence-electron chi connectivity index (χ0n) is 12.6. The summed E-state index contributed by atoms with van der Waals surface area (Å²) in [6.45, 7) is 10.1. The van der Waals surface area contributed by atoms with E-state index in [4.69, 9.17) is 4.74 Å². The van der Waals surface area contributed by atoms with E-state index in [0.29, 0.717) is 6.04 Å². The van der Waals surface area contributed by atoms with Gasteiger partial charge in [-0.05, 0) is 38.4 Å². The van der Waals surface area contributed by atoms with Crippen LogP contribution >= 0.6 is 0 Å². The van der Waals surface area contributed by atoms with E-state index in [1.807, 2.05) is 6.20 Å². The number of nitrogens with zero attached hydrogens (tertiary/aromatic N) is 2. The minimum absolute atomic E-state index is 0.339. The monoisotopic (exact) mass is 265 g/mol. The zero-order chi connectivity index (χ0) is 14.1. The normalized spacial score (nSPS) is 12.4. The molecular formula is C15H27N3O. The third-order valence-electron chi connectivity index (χ3n) is 3.14. The highest BCUT2D eigenvalue weighted by Crippen LogP contribution is 2.14. The van der Waals surface area contributed by atoms with Crippen LogP contribution in [0.15, 0.2) is 18.3 Å². The maximum absolute atomic E-state index is 5.22. The molecule has 1 unspecified atom stereocenters. The summed E-state index contributed by atoms with van der Waals surface area (Å²) < 4.78 is 5.22. The van der Waals surface area contributed by atoms with E-state index in [1.54, 1.807) is 7.11 Å². The molecule has 0 aliphatic rings. The number of likely N-dealkylation sites (N-methyl/N-ethyl adjacent to an activating group) is 1. The lowest BCUT2D eigenvalue weighted by molar-refractivity contribution is 0.181. The van der Waals surface area contributed by atoms with Crippen molar-refractivity contribution in [1.82, 2.24) is 10.3 Å². The third-order valence-corrected chi connectivity index (χ3v) is 3.14. The highest BCUT2D eigenvalue weighted by molar-refractivity contribution is 5.40. The van der Waals surface area contributed by atoms with Gasteiger partial charge in [-0.3, -0.25) is 0 Å². The van der Waals surface area contributed by atoms with Crippen molar-refractivity contribution in [3.63, 3.8) is 0 Å². The van der Waals surface area contributed by atoms with Crippen LogP contribution < -0.4 is 10.2 Å². The Balaban J connectivity index is 2.62. The quantitative estimate of drug-likeness (QED) is 0.696. The topological polar surface area (TPSA) is 37.4 Å². The molecule has 0 saturated carbocycles. The van der Waals surface area contributed by atoms with E-state index in [0.717, 1.165) is 38.5 Å². The van der Waals surface area contributed by atoms with E-state index >= 15 is 0 Å². The fourth-order valence-electron chi connectivity index (χ4n) is 2.13. The molecule has 1 heterocycles. The molecule has 4 nitrogen and oxygen atoms in total. The maximum atomic E-state index is 5.22. The Hall–Kier alpha value is -1.13. The summed E-state index contributed by atoms with van der Waals surface area (Å²) in [6.07, 6.45) is 3.11. The van der Waals surface area contributed by atoms with E-state index in [2.05, 4.69) is 48.1 Å². The van der Waals surface area contributed by atoms with Crippen LogP contribution in [-0.4, -0.2) is 37.8 Å². The molecule has 4 heteroatoms. The van der Waals surface area contributed by atoms with Gasteiger partial charge in [-0.25, -0.2) is 4.98 Å². The van der Waals surface area contributed by atoms with Gasteiger partial charge >= 0.3 is 0 Å². The molecule has 0 spiro atoms. The first-order valence-electron chi connectivity index (χ1n) is 7.14. The predicted octanol–water partition coefficient (Wildman–Crippen LogP) is 2.44. The molecule has 0 bridgehead atoms. The molecule has 0 aliphatic heterocycles. The first-order valence-corrected chi connectivity index (χ1v) is 7.14. The predicted molar refractivity (Wildman–Crippen MR) is 80.6 cm³/mol. The third kappa shape index (κ3) is 5.17. The molecule has 108 valence electrons. The Morgan fingerprint density at radius 1 is 1.37 bits per heavy atom. The maximum Gasteiger partial charge on any atom is 0.128 e. The fourth-order valence-corrected chi connectivity index (χ4v) is 2.13. The number of aromatic nitrogens is 1. The Morgan fingerprint density at radius 3 is 2.68 bits per heavy atom. The van der Waals surface area contributed by atoms with Crippen molar-refractivity contribution in [2.24, 2.45) is 0 Å². The number of methoxy groups -OCH3 is 1. The second-order valence-corrected chi connectivity index (χ2v) is 4.79. The average molecular weight is 265 g/mol. The highest BCUT2D eigenvalue weighted by Gasteiger charge is 2.13. The van der Waals surface area contributed by atoms with Crippen LogP contribution in [-0.2, 0) is 11.3 Å². The molecule has 0 aliphatic carbocycles. The molecule has 0 fully saturated rings. The van der Waals surface area contributed by atoms with Gasteiger partial charge in [0, 0.05) is 26.4 Å². The Labute approximate surface area is 117 Å². The summed E-state index contributed by atoms with van der Waals surface area (Å²) >= 11 is 0. The minimum atomic E-state index is 0.339. The molecule has 19 heavy (non-hydrogen) atoms. The van der Waals surface area contributed by atoms with Crippen molar-refractivity contribution in [3.8, 4) is 0 Å². The lowest BCUT2D eigenvalue weighted by Crippen LogP contribution is -2.36. The van der Waals surface area contributed by atoms with Gasteiger partial charge in [-0.1, -0.05) is 13.0 Å². The van der Waals surface area contributed by atoms with Crippen molar-refractivity contribution in [3.05, 3.63) is 23.9 Å². The van der Waals surface area contributed by atoms with Gasteiger partial charge in [0.05, 0.1) is 12.6 Å². The first kappa shape index (κ1) is 15.9. The second kappa shape index (κ2) is 8.88. The molecule has 1 atom stereocenters. The number of hydrogen-bond donors (Lipinski definition) is 1. The molecule has 1 rings (SSSR count). The van der Waals surface area contributed by atoms with Gasteiger partial charge < -0.3 is 15.0 Å². The van der Waals surface area contributed by atoms with Crippen molar-refractivity contribution in [1.29, 1.82) is 0 Å². The summed E-state index contributed by atoms with van der Waals surface area (Å²) in [5.41, 5.74) is 1.23. The van der Waals surface area contributed by atoms with Crippen LogP contribution in [0, 0.1) is 0 Å². The summed E-state index contributed by atoms with van der Waals surface area (Å²) in [7, 11) is 1.74. The largest absolute Gasteiger partial charge is 0.383 e. The molecule has 0 saturated heterocycles. The fraction of sp³-hybridized carbons (Fsp3) is 0.667. The van der Waals surface area contributed by atoms with Crippen LogP contribution in [0.4, 0.5) is 5.82 Å². The Bertz CT molecular complexity index is 340. The van der Waals surface area contributed by atoms with Crippen LogP contribution in [0.3, 0.4) is 0 Å². The van der Waals surface area contributed by atoms with Crippen LogP contribution in [0.1, 0.15) is 32.8 Å². The summed E-state index contributed by atoms with van der Waals surface area (Å²) in [4.78, 5) is 6.82. The Morgan fingerprint density at radius 2 is 2.16 bits per heavy atom. The summed E-state index contributed by atoms with van der Waals surface area (Å²) in [5.74, 6) is 1.02. The molecule has 1 aromatic heterocycles. The minimum Gasteiger partial charge on any atom is -0.383 e. The summed E-state index contributed by atoms with van der Waals surface area (Å²) in [5, 5.41) is 3.38. The van der Waals surface area contributed by atoms with Crippen molar-refractivity contribution in [2.45, 2.75) is 39.8 Å². The zero-order valence-corrected chi connectivity index (χ0v) is 12.6. The summed E-state index contributed by atoms with van der Waals surface area (Å²) in [6, 6.07) is 4.58. The molecule has 0 radical (unpaired) electrons. The molecule has 0 amide bonds. The van der Waals surface area contributed by atoms with Gasteiger partial charge in [0.15, 0.2) is 0 Å². The van der Waals surface area contributed by atoms with Gasteiger partial charge in [0.2, 0.25) is 0 Å². The van der Waals surface area contributed by atoms with Gasteiger partial charge in [0.1, 0.15) is 5.82 Å². The highest BCUT2D eigenvalue weighted by atomic mass is 16.5. The van der Waals surface area contributed by atoms with Gasteiger partial charge in [0.25, 0.3) is 0 Å². The smallest absolute Gasteiger partial charge is 0.128 e. The standard InChI is InChI=1S/C15H27N3O/c1-5-9-16-10-14-7-8-15(17-11-14)18(6-2)13(3)12-19-4/h7-8,11,13,16H,5-6,9-10,12H2,1-4H3. The average Bonchev–Trinajstić information content (AvgIpc) is 2.42. The molecule has 1 aromatic rings. The molecule has 1 N–H and O–H groups in total. The number of ether oxygens (including phenoxy) is 1. The lowest BCUT2D eigenvalue weighted by Gasteiger charge is -2.28. The van der Waals surface area contributed by atoms with E-state index in [9.17, 15) is 0 Å². The SMILES string of the molecule is CCCNCc1ccc(N(CC)C(C)COC)nc1. The number of nitrogens with one attached hydrogen (secondary N) is 1. The van der Waals surface area contributed by atoms with Crippen molar-refractivity contribution < 1.29 is 4.74 Å². The van der Waals surface area contributed by atoms with Crippen molar-refractivity contribution >= 4 is 5.82 Å². The number of anilines is 1. The first-order chi connectivity index (χ1) is 9.22.